The SMILES string of the molecule is COc1ccc(-c2nc(S[C@H](C)C(=O)Nc3cccc(Cl)c3C)n[nH]2)cc1. The van der Waals surface area contributed by atoms with Crippen molar-refractivity contribution in [2.45, 2.75) is 24.3 Å². The van der Waals surface area contributed by atoms with Crippen LogP contribution in [0.1, 0.15) is 12.5 Å². The number of benzene rings is 2. The predicted octanol–water partition coefficient (Wildman–Crippen LogP) is 4.56. The van der Waals surface area contributed by atoms with Crippen molar-refractivity contribution in [3.63, 3.8) is 0 Å². The molecule has 0 fully saturated rings. The van der Waals surface area contributed by atoms with Crippen molar-refractivity contribution in [3.05, 3.63) is 53.1 Å². The van der Waals surface area contributed by atoms with Crippen LogP contribution in [0.3, 0.4) is 0 Å². The molecular formula is C19H19ClN4O2S. The summed E-state index contributed by atoms with van der Waals surface area (Å²) in [5, 5.41) is 10.7. The number of aromatic nitrogens is 3. The second-order valence-electron chi connectivity index (χ2n) is 5.86. The molecule has 2 aromatic carbocycles. The number of H-pyrrole nitrogens is 1. The summed E-state index contributed by atoms with van der Waals surface area (Å²) in [6, 6.07) is 12.9. The molecule has 0 spiro atoms. The maximum absolute atomic E-state index is 12.5. The van der Waals surface area contributed by atoms with Crippen LogP contribution in [-0.4, -0.2) is 33.4 Å². The quantitative estimate of drug-likeness (QED) is 0.591. The van der Waals surface area contributed by atoms with E-state index in [9.17, 15) is 4.79 Å². The highest BCUT2D eigenvalue weighted by atomic mass is 35.5. The molecule has 0 saturated carbocycles. The third-order valence-corrected chi connectivity index (χ3v) is 5.38. The third-order valence-electron chi connectivity index (χ3n) is 4.01. The third kappa shape index (κ3) is 4.61. The van der Waals surface area contributed by atoms with Crippen molar-refractivity contribution in [2.24, 2.45) is 0 Å². The highest BCUT2D eigenvalue weighted by molar-refractivity contribution is 8.00. The molecule has 2 N–H and O–H groups in total. The lowest BCUT2D eigenvalue weighted by atomic mass is 10.2. The monoisotopic (exact) mass is 402 g/mol. The molecule has 1 heterocycles. The summed E-state index contributed by atoms with van der Waals surface area (Å²) in [4.78, 5) is 16.9. The van der Waals surface area contributed by atoms with E-state index in [1.165, 1.54) is 11.8 Å². The maximum Gasteiger partial charge on any atom is 0.237 e. The van der Waals surface area contributed by atoms with Gasteiger partial charge in [0.1, 0.15) is 5.75 Å². The van der Waals surface area contributed by atoms with Gasteiger partial charge in [-0.15, -0.1) is 5.10 Å². The van der Waals surface area contributed by atoms with Gasteiger partial charge >= 0.3 is 0 Å². The number of aromatic amines is 1. The highest BCUT2D eigenvalue weighted by Gasteiger charge is 2.18. The summed E-state index contributed by atoms with van der Waals surface area (Å²) >= 11 is 7.38. The number of methoxy groups -OCH3 is 1. The summed E-state index contributed by atoms with van der Waals surface area (Å²) < 4.78 is 5.15. The molecule has 0 saturated heterocycles. The lowest BCUT2D eigenvalue weighted by Crippen LogP contribution is -2.23. The van der Waals surface area contributed by atoms with Crippen LogP contribution in [0.5, 0.6) is 5.75 Å². The second kappa shape index (κ2) is 8.45. The normalized spacial score (nSPS) is 11.9. The van der Waals surface area contributed by atoms with Crippen LogP contribution in [-0.2, 0) is 4.79 Å². The first-order valence-corrected chi connectivity index (χ1v) is 9.53. The van der Waals surface area contributed by atoms with Gasteiger partial charge in [-0.3, -0.25) is 9.89 Å². The molecule has 1 atom stereocenters. The van der Waals surface area contributed by atoms with E-state index in [1.54, 1.807) is 19.2 Å². The largest absolute Gasteiger partial charge is 0.497 e. The van der Waals surface area contributed by atoms with E-state index in [4.69, 9.17) is 16.3 Å². The number of anilines is 1. The van der Waals surface area contributed by atoms with Crippen LogP contribution in [0.2, 0.25) is 5.02 Å². The summed E-state index contributed by atoms with van der Waals surface area (Å²) in [5.74, 6) is 1.27. The Morgan fingerprint density at radius 1 is 1.26 bits per heavy atom. The maximum atomic E-state index is 12.5. The van der Waals surface area contributed by atoms with Crippen molar-refractivity contribution in [2.75, 3.05) is 12.4 Å². The summed E-state index contributed by atoms with van der Waals surface area (Å²) in [5.41, 5.74) is 2.43. The molecular weight excluding hydrogens is 384 g/mol. The van der Waals surface area contributed by atoms with Gasteiger partial charge in [-0.1, -0.05) is 29.4 Å². The van der Waals surface area contributed by atoms with E-state index in [1.807, 2.05) is 44.2 Å². The Kier molecular flexibility index (Phi) is 6.03. The molecule has 0 radical (unpaired) electrons. The molecule has 0 aliphatic carbocycles. The van der Waals surface area contributed by atoms with Gasteiger partial charge in [0.2, 0.25) is 11.1 Å². The first-order chi connectivity index (χ1) is 13.0. The zero-order chi connectivity index (χ0) is 19.4. The van der Waals surface area contributed by atoms with Crippen LogP contribution in [0.15, 0.2) is 47.6 Å². The Bertz CT molecular complexity index is 943. The van der Waals surface area contributed by atoms with E-state index in [0.29, 0.717) is 21.7 Å². The number of halogens is 1. The van der Waals surface area contributed by atoms with Crippen LogP contribution in [0, 0.1) is 6.92 Å². The van der Waals surface area contributed by atoms with Gasteiger partial charge in [0.15, 0.2) is 5.82 Å². The molecule has 1 amide bonds. The minimum atomic E-state index is -0.372. The van der Waals surface area contributed by atoms with Gasteiger partial charge in [0, 0.05) is 16.3 Å². The van der Waals surface area contributed by atoms with Crippen molar-refractivity contribution in [3.8, 4) is 17.1 Å². The van der Waals surface area contributed by atoms with Gasteiger partial charge in [0.05, 0.1) is 12.4 Å². The summed E-state index contributed by atoms with van der Waals surface area (Å²) in [7, 11) is 1.62. The molecule has 0 unspecified atom stereocenters. The number of hydrogen-bond acceptors (Lipinski definition) is 5. The number of amides is 1. The zero-order valence-electron chi connectivity index (χ0n) is 15.1. The van der Waals surface area contributed by atoms with Crippen LogP contribution in [0.4, 0.5) is 5.69 Å². The molecule has 0 aliphatic rings. The molecule has 0 bridgehead atoms. The van der Waals surface area contributed by atoms with E-state index < -0.39 is 0 Å². The molecule has 0 aliphatic heterocycles. The number of hydrogen-bond donors (Lipinski definition) is 2. The predicted molar refractivity (Wildman–Crippen MR) is 109 cm³/mol. The van der Waals surface area contributed by atoms with E-state index in [0.717, 1.165) is 16.9 Å². The second-order valence-corrected chi connectivity index (χ2v) is 7.57. The van der Waals surface area contributed by atoms with E-state index in [2.05, 4.69) is 20.5 Å². The number of thioether (sulfide) groups is 1. The average Bonchev–Trinajstić information content (AvgIpc) is 3.14. The van der Waals surface area contributed by atoms with Crippen molar-refractivity contribution >= 4 is 35.0 Å². The standard InChI is InChI=1S/C19H19ClN4O2S/c1-11-15(20)5-4-6-16(11)21-18(25)12(2)27-19-22-17(23-24-19)13-7-9-14(26-3)10-8-13/h4-10,12H,1-3H3,(H,21,25)(H,22,23,24)/t12-/m1/s1. The number of nitrogens with zero attached hydrogens (tertiary/aromatic N) is 2. The molecule has 140 valence electrons. The Hall–Kier alpha value is -2.51. The first-order valence-electron chi connectivity index (χ1n) is 8.27. The minimum absolute atomic E-state index is 0.138. The molecule has 1 aromatic heterocycles. The van der Waals surface area contributed by atoms with Crippen LogP contribution in [0.25, 0.3) is 11.4 Å². The fraction of sp³-hybridized carbons (Fsp3) is 0.211. The number of carbonyl (C=O) groups excluding carboxylic acids is 1. The van der Waals surface area contributed by atoms with Crippen molar-refractivity contribution in [1.82, 2.24) is 15.2 Å². The zero-order valence-corrected chi connectivity index (χ0v) is 16.7. The molecule has 6 nitrogen and oxygen atoms in total. The first kappa shape index (κ1) is 19.3. The fourth-order valence-electron chi connectivity index (χ4n) is 2.37. The van der Waals surface area contributed by atoms with Gasteiger partial charge in [0.25, 0.3) is 0 Å². The van der Waals surface area contributed by atoms with Gasteiger partial charge < -0.3 is 10.1 Å². The minimum Gasteiger partial charge on any atom is -0.497 e. The average molecular weight is 403 g/mol. The van der Waals surface area contributed by atoms with Gasteiger partial charge in [-0.2, -0.15) is 0 Å². The van der Waals surface area contributed by atoms with Crippen molar-refractivity contribution in [1.29, 1.82) is 0 Å². The van der Waals surface area contributed by atoms with Gasteiger partial charge in [-0.05, 0) is 55.8 Å². The van der Waals surface area contributed by atoms with E-state index >= 15 is 0 Å². The Morgan fingerprint density at radius 2 is 2.00 bits per heavy atom. The van der Waals surface area contributed by atoms with Crippen LogP contribution < -0.4 is 10.1 Å². The number of carbonyl (C=O) groups is 1. The van der Waals surface area contributed by atoms with Crippen LogP contribution >= 0.6 is 23.4 Å². The number of nitrogens with one attached hydrogen (secondary N) is 2. The Labute approximate surface area is 166 Å². The molecule has 27 heavy (non-hydrogen) atoms. The summed E-state index contributed by atoms with van der Waals surface area (Å²) in [6.07, 6.45) is 0. The Balaban J connectivity index is 1.65. The van der Waals surface area contributed by atoms with E-state index in [-0.39, 0.29) is 11.2 Å². The lowest BCUT2D eigenvalue weighted by molar-refractivity contribution is -0.115. The lowest BCUT2D eigenvalue weighted by Gasteiger charge is -2.12. The van der Waals surface area contributed by atoms with Crippen molar-refractivity contribution < 1.29 is 9.53 Å². The molecule has 8 heteroatoms. The number of ether oxygens (including phenoxy) is 1. The summed E-state index contributed by atoms with van der Waals surface area (Å²) in [6.45, 7) is 3.68. The molecule has 3 aromatic rings. The topological polar surface area (TPSA) is 79.9 Å². The number of rotatable bonds is 6. The molecule has 3 rings (SSSR count). The highest BCUT2D eigenvalue weighted by Crippen LogP contribution is 2.27. The fourth-order valence-corrected chi connectivity index (χ4v) is 3.27. The smallest absolute Gasteiger partial charge is 0.237 e. The van der Waals surface area contributed by atoms with Gasteiger partial charge in [-0.25, -0.2) is 4.98 Å². The Morgan fingerprint density at radius 3 is 2.70 bits per heavy atom.